The van der Waals surface area contributed by atoms with Crippen LogP contribution in [0.1, 0.15) is 128 Å². The largest absolute Gasteiger partial charge is 0.310 e. The second-order valence-electron chi connectivity index (χ2n) is 20.5. The van der Waals surface area contributed by atoms with Crippen molar-refractivity contribution in [3.8, 4) is 22.3 Å². The Bertz CT molecular complexity index is 3170. The molecule has 2 spiro atoms. The minimum Gasteiger partial charge on any atom is -0.310 e. The molecule has 0 bridgehead atoms. The average molecular weight is 869 g/mol. The Kier molecular flexibility index (Phi) is 9.71. The predicted octanol–water partition coefficient (Wildman–Crippen LogP) is 17.4. The quantitative estimate of drug-likeness (QED) is 0.154. The summed E-state index contributed by atoms with van der Waals surface area (Å²) in [6.45, 7) is 4.58. The van der Waals surface area contributed by atoms with Gasteiger partial charge in [-0.25, -0.2) is 0 Å². The van der Waals surface area contributed by atoms with Crippen molar-refractivity contribution < 1.29 is 0 Å². The molecule has 0 saturated heterocycles. The highest BCUT2D eigenvalue weighted by atomic mass is 15.2. The molecule has 6 aliphatic rings. The lowest BCUT2D eigenvalue weighted by atomic mass is 9.76. The molecule has 2 fully saturated rings. The number of rotatable bonds is 6. The maximum Gasteiger partial charge on any atom is 0.0493 e. The van der Waals surface area contributed by atoms with Crippen molar-refractivity contribution >= 4 is 40.6 Å². The molecule has 67 heavy (non-hydrogen) atoms. The van der Waals surface area contributed by atoms with Gasteiger partial charge in [0.2, 0.25) is 0 Å². The summed E-state index contributed by atoms with van der Waals surface area (Å²) in [6, 6.07) is 56.8. The third-order valence-corrected chi connectivity index (χ3v) is 17.0. The van der Waals surface area contributed by atoms with Crippen LogP contribution >= 0.6 is 0 Å². The normalized spacial score (nSPS) is 18.2. The van der Waals surface area contributed by atoms with Crippen molar-refractivity contribution in [2.75, 3.05) is 9.80 Å². The summed E-state index contributed by atoms with van der Waals surface area (Å²) in [6.07, 6.45) is 24.7. The van der Waals surface area contributed by atoms with Crippen molar-refractivity contribution in [3.05, 3.63) is 219 Å². The van der Waals surface area contributed by atoms with Crippen LogP contribution in [0.25, 0.3) is 34.4 Å². The van der Waals surface area contributed by atoms with E-state index in [4.69, 9.17) is 0 Å². The van der Waals surface area contributed by atoms with Crippen molar-refractivity contribution in [3.63, 3.8) is 0 Å². The first kappa shape index (κ1) is 40.6. The van der Waals surface area contributed by atoms with Crippen LogP contribution in [0.5, 0.6) is 0 Å². The smallest absolute Gasteiger partial charge is 0.0493 e. The van der Waals surface area contributed by atoms with E-state index in [0.717, 1.165) is 32.1 Å². The Morgan fingerprint density at radius 1 is 0.433 bits per heavy atom. The number of allylic oxidation sites excluding steroid dienone is 3. The first-order chi connectivity index (χ1) is 33.0. The molecule has 2 heterocycles. The van der Waals surface area contributed by atoms with Crippen LogP contribution in [0.15, 0.2) is 169 Å². The molecule has 0 atom stereocenters. The third-order valence-electron chi connectivity index (χ3n) is 17.0. The molecule has 7 aromatic carbocycles. The highest BCUT2D eigenvalue weighted by molar-refractivity contribution is 5.90. The van der Waals surface area contributed by atoms with E-state index in [1.54, 1.807) is 0 Å². The van der Waals surface area contributed by atoms with Crippen LogP contribution in [0, 0.1) is 0 Å². The average Bonchev–Trinajstić information content (AvgIpc) is 4.14. The van der Waals surface area contributed by atoms with E-state index in [0.29, 0.717) is 0 Å². The fraction of sp³-hybridized carbons (Fsp3) is 0.262. The van der Waals surface area contributed by atoms with E-state index < -0.39 is 0 Å². The molecule has 2 heteroatoms. The van der Waals surface area contributed by atoms with Gasteiger partial charge in [0.15, 0.2) is 0 Å². The van der Waals surface area contributed by atoms with Gasteiger partial charge in [-0.05, 0) is 191 Å². The monoisotopic (exact) mass is 868 g/mol. The van der Waals surface area contributed by atoms with Gasteiger partial charge >= 0.3 is 0 Å². The molecule has 13 rings (SSSR count). The first-order valence-electron chi connectivity index (χ1n) is 25.5. The van der Waals surface area contributed by atoms with Crippen molar-refractivity contribution in [2.24, 2.45) is 0 Å². The molecule has 0 radical (unpaired) electrons. The molecular formula is C65H60N2. The van der Waals surface area contributed by atoms with Crippen LogP contribution in [0.2, 0.25) is 0 Å². The highest BCUT2D eigenvalue weighted by Gasteiger charge is 2.47. The lowest BCUT2D eigenvalue weighted by Gasteiger charge is -2.31. The lowest BCUT2D eigenvalue weighted by molar-refractivity contribution is 0.550. The van der Waals surface area contributed by atoms with Crippen molar-refractivity contribution in [2.45, 2.75) is 108 Å². The van der Waals surface area contributed by atoms with Gasteiger partial charge in [-0.3, -0.25) is 0 Å². The van der Waals surface area contributed by atoms with E-state index in [9.17, 15) is 0 Å². The minimum absolute atomic E-state index is 0.0542. The SMILES string of the molecule is CCC=CC1=C(C)CCc2ccccc2N1c1ccc2c(c1)C1(CCCC1)c1cc(C=Cc3ccc4c(c3)C3(CCCC3)c3cc(N5c6ccccc6CCc6ccccc65)ccc3-4)ccc1-2. The van der Waals surface area contributed by atoms with Gasteiger partial charge in [-0.1, -0.05) is 154 Å². The summed E-state index contributed by atoms with van der Waals surface area (Å²) in [5.74, 6) is 0. The fourth-order valence-corrected chi connectivity index (χ4v) is 13.7. The first-order valence-corrected chi connectivity index (χ1v) is 25.5. The number of hydrogen-bond donors (Lipinski definition) is 0. The zero-order chi connectivity index (χ0) is 44.7. The standard InChI is InChI=1S/C65H60N2/c1-3-4-18-60-44(2)22-27-47-15-5-8-19-61(47)66(60)50-30-34-54-52-32-25-45(40-56(52)64(58(54)42-50)36-11-12-37-64)23-24-46-26-33-53-55-35-31-51(43-59(55)65(57(53)41-46)38-13-14-39-65)67-62-20-9-6-16-48(62)28-29-49-17-7-10-21-63(49)67/h4-10,15-21,23-26,30-35,40-43H,3,11-14,22,27-29,36-39H2,1-2H3. The van der Waals surface area contributed by atoms with E-state index >= 15 is 0 Å². The number of hydrogen-bond acceptors (Lipinski definition) is 2. The van der Waals surface area contributed by atoms with E-state index in [1.807, 2.05) is 0 Å². The molecule has 330 valence electrons. The summed E-state index contributed by atoms with van der Waals surface area (Å²) in [4.78, 5) is 5.12. The van der Waals surface area contributed by atoms with Gasteiger partial charge in [0.25, 0.3) is 0 Å². The molecule has 7 aromatic rings. The van der Waals surface area contributed by atoms with E-state index in [2.05, 4.69) is 194 Å². The van der Waals surface area contributed by atoms with Crippen LogP contribution in [0.3, 0.4) is 0 Å². The molecule has 2 saturated carbocycles. The van der Waals surface area contributed by atoms with Crippen molar-refractivity contribution in [1.82, 2.24) is 0 Å². The Morgan fingerprint density at radius 2 is 0.836 bits per heavy atom. The molecule has 0 N–H and O–H groups in total. The Hall–Kier alpha value is -6.64. The second kappa shape index (κ2) is 16.0. The van der Waals surface area contributed by atoms with Gasteiger partial charge in [0.1, 0.15) is 0 Å². The highest BCUT2D eigenvalue weighted by Crippen LogP contribution is 2.60. The van der Waals surface area contributed by atoms with E-state index in [1.165, 1.54) is 163 Å². The zero-order valence-corrected chi connectivity index (χ0v) is 39.3. The van der Waals surface area contributed by atoms with Crippen LogP contribution in [-0.4, -0.2) is 0 Å². The Labute approximate surface area is 398 Å². The second-order valence-corrected chi connectivity index (χ2v) is 20.5. The number of nitrogens with zero attached hydrogens (tertiary/aromatic N) is 2. The van der Waals surface area contributed by atoms with Gasteiger partial charge in [-0.2, -0.15) is 0 Å². The maximum absolute atomic E-state index is 2.58. The summed E-state index contributed by atoms with van der Waals surface area (Å²) in [5, 5.41) is 0. The number of fused-ring (bicyclic) bond motifs is 13. The summed E-state index contributed by atoms with van der Waals surface area (Å²) >= 11 is 0. The molecule has 0 unspecified atom stereocenters. The van der Waals surface area contributed by atoms with Crippen LogP contribution in [-0.2, 0) is 30.1 Å². The van der Waals surface area contributed by atoms with Crippen LogP contribution < -0.4 is 9.80 Å². The molecule has 2 nitrogen and oxygen atoms in total. The molecule has 4 aliphatic carbocycles. The topological polar surface area (TPSA) is 6.48 Å². The number of benzene rings is 7. The molecular weight excluding hydrogens is 809 g/mol. The molecule has 2 aliphatic heterocycles. The lowest BCUT2D eigenvalue weighted by Crippen LogP contribution is -2.22. The number of para-hydroxylation sites is 3. The summed E-state index contributed by atoms with van der Waals surface area (Å²) in [7, 11) is 0. The van der Waals surface area contributed by atoms with Gasteiger partial charge in [0.05, 0.1) is 0 Å². The fourth-order valence-electron chi connectivity index (χ4n) is 13.7. The zero-order valence-electron chi connectivity index (χ0n) is 39.3. The third kappa shape index (κ3) is 6.35. The van der Waals surface area contributed by atoms with Gasteiger partial charge < -0.3 is 9.80 Å². The predicted molar refractivity (Wildman–Crippen MR) is 282 cm³/mol. The van der Waals surface area contributed by atoms with Gasteiger partial charge in [0, 0.05) is 45.0 Å². The number of aryl methyl sites for hydroxylation is 3. The summed E-state index contributed by atoms with van der Waals surface area (Å²) in [5.41, 5.74) is 28.1. The maximum atomic E-state index is 2.58. The Balaban J connectivity index is 0.842. The summed E-state index contributed by atoms with van der Waals surface area (Å²) < 4.78 is 0. The number of anilines is 5. The van der Waals surface area contributed by atoms with E-state index in [-0.39, 0.29) is 10.8 Å². The Morgan fingerprint density at radius 3 is 1.31 bits per heavy atom. The van der Waals surface area contributed by atoms with Gasteiger partial charge in [-0.15, -0.1) is 0 Å². The van der Waals surface area contributed by atoms with Crippen LogP contribution in [0.4, 0.5) is 28.4 Å². The molecule has 0 amide bonds. The van der Waals surface area contributed by atoms with Crippen molar-refractivity contribution in [1.29, 1.82) is 0 Å². The molecule has 0 aromatic heterocycles. The minimum atomic E-state index is 0.0542.